The van der Waals surface area contributed by atoms with E-state index in [4.69, 9.17) is 14.2 Å². The van der Waals surface area contributed by atoms with Crippen LogP contribution >= 0.6 is 0 Å². The Kier molecular flexibility index (Phi) is 12.7. The number of epoxide rings is 1. The van der Waals surface area contributed by atoms with Crippen molar-refractivity contribution in [2.24, 2.45) is 5.92 Å². The minimum atomic E-state index is -3.87. The van der Waals surface area contributed by atoms with Crippen LogP contribution in [0.25, 0.3) is 10.9 Å². The number of nitrogens with zero attached hydrogens (tertiary/aromatic N) is 1. The van der Waals surface area contributed by atoms with E-state index in [2.05, 4.69) is 20.9 Å². The standard InChI is InChI=1S/C40H48N4O8S/c1-26(2)31(22-27-14-8-6-9-15-27)43-39(47)51-24-34-36(52-34)32(23-28-16-10-7-11-17-28)42-38(46)37(40(3,4)53(5,48)49)44-35(45)25-50-33-20-12-19-30-29(33)18-13-21-41-30/h6-21,26,31-32,34,36-37H,22-25H2,1-5H3,(H,42,46)(H,43,47)(H,44,45)/t31-,32+,34+,36-,37-/m1/s1. The third kappa shape index (κ3) is 10.5. The van der Waals surface area contributed by atoms with Crippen molar-refractivity contribution < 1.29 is 37.0 Å². The first-order valence-electron chi connectivity index (χ1n) is 17.7. The van der Waals surface area contributed by atoms with E-state index in [9.17, 15) is 22.8 Å². The summed E-state index contributed by atoms with van der Waals surface area (Å²) in [5, 5.41) is 9.23. The van der Waals surface area contributed by atoms with Crippen molar-refractivity contribution in [3.63, 3.8) is 0 Å². The number of benzene rings is 3. The lowest BCUT2D eigenvalue weighted by Gasteiger charge is -2.33. The van der Waals surface area contributed by atoms with Crippen LogP contribution in [0.5, 0.6) is 5.75 Å². The normalized spacial score (nSPS) is 17.3. The Bertz CT molecular complexity index is 1970. The molecule has 1 aliphatic heterocycles. The van der Waals surface area contributed by atoms with Gasteiger partial charge in [-0.2, -0.15) is 0 Å². The summed E-state index contributed by atoms with van der Waals surface area (Å²) in [6.07, 6.45) is 2.03. The van der Waals surface area contributed by atoms with Gasteiger partial charge in [0, 0.05) is 23.9 Å². The number of fused-ring (bicyclic) bond motifs is 1. The van der Waals surface area contributed by atoms with E-state index < -0.39 is 63.4 Å². The number of aromatic nitrogens is 1. The van der Waals surface area contributed by atoms with Gasteiger partial charge in [-0.25, -0.2) is 13.2 Å². The van der Waals surface area contributed by atoms with Crippen molar-refractivity contribution >= 4 is 38.6 Å². The van der Waals surface area contributed by atoms with E-state index in [-0.39, 0.29) is 18.6 Å². The van der Waals surface area contributed by atoms with Gasteiger partial charge in [0.2, 0.25) is 5.91 Å². The van der Waals surface area contributed by atoms with E-state index in [1.54, 1.807) is 24.4 Å². The van der Waals surface area contributed by atoms with Crippen molar-refractivity contribution in [2.75, 3.05) is 19.5 Å². The van der Waals surface area contributed by atoms with Gasteiger partial charge in [0.05, 0.1) is 16.3 Å². The molecule has 282 valence electrons. The lowest BCUT2D eigenvalue weighted by atomic mass is 9.97. The third-order valence-corrected chi connectivity index (χ3v) is 11.8. The summed E-state index contributed by atoms with van der Waals surface area (Å²) in [7, 11) is -3.87. The van der Waals surface area contributed by atoms with Crippen LogP contribution in [-0.2, 0) is 41.7 Å². The topological polar surface area (TPSA) is 165 Å². The SMILES string of the molecule is CC(C)[C@@H](Cc1ccccc1)NC(=O)OC[C@@H]1O[C@@H]1[C@H](Cc1ccccc1)NC(=O)[C@@H](NC(=O)COc1cccc2ncccc12)C(C)(C)S(C)(=O)=O. The molecule has 3 aromatic carbocycles. The van der Waals surface area contributed by atoms with Crippen molar-refractivity contribution in [1.29, 1.82) is 0 Å². The van der Waals surface area contributed by atoms with Gasteiger partial charge in [-0.3, -0.25) is 14.6 Å². The zero-order chi connectivity index (χ0) is 38.2. The monoisotopic (exact) mass is 744 g/mol. The number of carbonyl (C=O) groups excluding carboxylic acids is 3. The highest BCUT2D eigenvalue weighted by Gasteiger charge is 2.49. The molecule has 13 heteroatoms. The molecule has 1 fully saturated rings. The van der Waals surface area contributed by atoms with Gasteiger partial charge in [-0.1, -0.05) is 80.6 Å². The highest BCUT2D eigenvalue weighted by atomic mass is 32.2. The number of nitrogens with one attached hydrogen (secondary N) is 3. The summed E-state index contributed by atoms with van der Waals surface area (Å²) in [5.74, 6) is -0.822. The highest BCUT2D eigenvalue weighted by Crippen LogP contribution is 2.29. The van der Waals surface area contributed by atoms with Crippen LogP contribution in [-0.4, -0.2) is 85.9 Å². The Morgan fingerprint density at radius 2 is 1.51 bits per heavy atom. The van der Waals surface area contributed by atoms with Gasteiger partial charge < -0.3 is 30.2 Å². The summed E-state index contributed by atoms with van der Waals surface area (Å²) in [4.78, 5) is 44.5. The number of pyridine rings is 1. The molecule has 1 aromatic heterocycles. The number of hydrogen-bond donors (Lipinski definition) is 3. The summed E-state index contributed by atoms with van der Waals surface area (Å²) in [5.41, 5.74) is 2.67. The number of hydrogen-bond acceptors (Lipinski definition) is 9. The molecular formula is C40H48N4O8S. The van der Waals surface area contributed by atoms with Gasteiger partial charge >= 0.3 is 6.09 Å². The van der Waals surface area contributed by atoms with Crippen LogP contribution in [0.2, 0.25) is 0 Å². The smallest absolute Gasteiger partial charge is 0.407 e. The van der Waals surface area contributed by atoms with E-state index in [0.717, 1.165) is 17.4 Å². The highest BCUT2D eigenvalue weighted by molar-refractivity contribution is 7.92. The van der Waals surface area contributed by atoms with Crippen molar-refractivity contribution in [1.82, 2.24) is 20.9 Å². The Labute approximate surface area is 310 Å². The molecule has 0 bridgehead atoms. The number of alkyl carbamates (subject to hydrolysis) is 1. The minimum Gasteiger partial charge on any atom is -0.483 e. The number of ether oxygens (including phenoxy) is 3. The van der Waals surface area contributed by atoms with Gasteiger partial charge in [0.1, 0.15) is 30.6 Å². The Hall–Kier alpha value is -5.01. The zero-order valence-electron chi connectivity index (χ0n) is 30.7. The zero-order valence-corrected chi connectivity index (χ0v) is 31.5. The van der Waals surface area contributed by atoms with Crippen LogP contribution < -0.4 is 20.7 Å². The largest absolute Gasteiger partial charge is 0.483 e. The number of carbonyl (C=O) groups is 3. The first-order valence-corrected chi connectivity index (χ1v) is 19.5. The fourth-order valence-electron chi connectivity index (χ4n) is 6.02. The molecule has 0 radical (unpaired) electrons. The molecule has 5 rings (SSSR count). The first-order chi connectivity index (χ1) is 25.2. The van der Waals surface area contributed by atoms with Crippen LogP contribution in [0.1, 0.15) is 38.8 Å². The Morgan fingerprint density at radius 3 is 2.15 bits per heavy atom. The second kappa shape index (κ2) is 17.2. The predicted octanol–water partition coefficient (Wildman–Crippen LogP) is 4.41. The molecule has 1 aliphatic rings. The maximum absolute atomic E-state index is 14.1. The van der Waals surface area contributed by atoms with Crippen molar-refractivity contribution in [3.05, 3.63) is 108 Å². The lowest BCUT2D eigenvalue weighted by molar-refractivity contribution is -0.131. The van der Waals surface area contributed by atoms with Crippen LogP contribution in [0.15, 0.2) is 97.2 Å². The van der Waals surface area contributed by atoms with E-state index in [0.29, 0.717) is 29.5 Å². The Balaban J connectivity index is 1.25. The molecule has 2 heterocycles. The molecule has 0 saturated carbocycles. The molecule has 5 atom stereocenters. The number of amides is 3. The molecule has 0 aliphatic carbocycles. The van der Waals surface area contributed by atoms with E-state index >= 15 is 0 Å². The molecular weight excluding hydrogens is 697 g/mol. The first kappa shape index (κ1) is 39.2. The maximum atomic E-state index is 14.1. The van der Waals surface area contributed by atoms with Gasteiger partial charge in [0.25, 0.3) is 5.91 Å². The van der Waals surface area contributed by atoms with Crippen molar-refractivity contribution in [3.8, 4) is 5.75 Å². The Morgan fingerprint density at radius 1 is 0.849 bits per heavy atom. The molecule has 4 aromatic rings. The summed E-state index contributed by atoms with van der Waals surface area (Å²) >= 11 is 0. The second-order valence-corrected chi connectivity index (χ2v) is 16.8. The molecule has 53 heavy (non-hydrogen) atoms. The van der Waals surface area contributed by atoms with Gasteiger partial charge in [-0.15, -0.1) is 0 Å². The molecule has 0 unspecified atom stereocenters. The maximum Gasteiger partial charge on any atom is 0.407 e. The second-order valence-electron chi connectivity index (χ2n) is 14.2. The fraction of sp³-hybridized carbons (Fsp3) is 0.400. The fourth-order valence-corrected chi connectivity index (χ4v) is 6.61. The average Bonchev–Trinajstić information content (AvgIpc) is 3.91. The lowest BCUT2D eigenvalue weighted by Crippen LogP contribution is -2.62. The molecule has 3 amide bonds. The van der Waals surface area contributed by atoms with E-state index in [1.807, 2.05) is 86.6 Å². The molecule has 1 saturated heterocycles. The van der Waals surface area contributed by atoms with E-state index in [1.165, 1.54) is 13.8 Å². The van der Waals surface area contributed by atoms with Crippen molar-refractivity contribution in [2.45, 2.75) is 75.6 Å². The summed E-state index contributed by atoms with van der Waals surface area (Å²) in [6.45, 7) is 6.32. The summed E-state index contributed by atoms with van der Waals surface area (Å²) in [6, 6.07) is 25.8. The predicted molar refractivity (Wildman–Crippen MR) is 202 cm³/mol. The van der Waals surface area contributed by atoms with Gasteiger partial charge in [0.15, 0.2) is 16.4 Å². The van der Waals surface area contributed by atoms with Crippen LogP contribution in [0.3, 0.4) is 0 Å². The molecule has 3 N–H and O–H groups in total. The number of rotatable bonds is 17. The number of sulfone groups is 1. The third-order valence-electron chi connectivity index (χ3n) is 9.61. The molecule has 0 spiro atoms. The van der Waals surface area contributed by atoms with Crippen LogP contribution in [0, 0.1) is 5.92 Å². The van der Waals surface area contributed by atoms with Crippen LogP contribution in [0.4, 0.5) is 4.79 Å². The molecule has 12 nitrogen and oxygen atoms in total. The minimum absolute atomic E-state index is 0.0517. The average molecular weight is 745 g/mol. The quantitative estimate of drug-likeness (QED) is 0.133. The van der Waals surface area contributed by atoms with Gasteiger partial charge in [-0.05, 0) is 68.0 Å². The summed E-state index contributed by atoms with van der Waals surface area (Å²) < 4.78 is 41.6.